The van der Waals surface area contributed by atoms with Gasteiger partial charge in [0, 0.05) is 37.7 Å². The second-order valence-electron chi connectivity index (χ2n) is 5.96. The minimum absolute atomic E-state index is 0.124. The first-order valence-corrected chi connectivity index (χ1v) is 9.92. The molecule has 25 heavy (non-hydrogen) atoms. The second-order valence-corrected chi connectivity index (χ2v) is 8.30. The molecule has 2 aromatic carbocycles. The summed E-state index contributed by atoms with van der Waals surface area (Å²) in [7, 11) is -2.17. The third-order valence-corrected chi connectivity index (χ3v) is 6.48. The Morgan fingerprint density at radius 1 is 1.04 bits per heavy atom. The molecule has 1 fully saturated rings. The molecule has 0 N–H and O–H groups in total. The summed E-state index contributed by atoms with van der Waals surface area (Å²) in [5.41, 5.74) is 1.23. The van der Waals surface area contributed by atoms with Gasteiger partial charge in [0.25, 0.3) is 0 Å². The van der Waals surface area contributed by atoms with Crippen LogP contribution in [0.5, 0.6) is 5.75 Å². The number of piperazine rings is 1. The first-order valence-electron chi connectivity index (χ1n) is 8.10. The molecule has 0 saturated carbocycles. The summed E-state index contributed by atoms with van der Waals surface area (Å²) < 4.78 is 32.6. The zero-order valence-electron chi connectivity index (χ0n) is 14.1. The quantitative estimate of drug-likeness (QED) is 0.800. The summed E-state index contributed by atoms with van der Waals surface area (Å²) in [5.74, 6) is 0.316. The predicted octanol–water partition coefficient (Wildman–Crippen LogP) is 2.86. The highest BCUT2D eigenvalue weighted by molar-refractivity contribution is 7.89. The number of halogens is 1. The first-order chi connectivity index (χ1) is 12.0. The van der Waals surface area contributed by atoms with Crippen LogP contribution in [0.3, 0.4) is 0 Å². The van der Waals surface area contributed by atoms with E-state index < -0.39 is 10.0 Å². The van der Waals surface area contributed by atoms with Gasteiger partial charge in [-0.2, -0.15) is 4.31 Å². The molecule has 0 unspecified atom stereocenters. The molecule has 1 aliphatic rings. The maximum Gasteiger partial charge on any atom is 0.246 e. The smallest absolute Gasteiger partial charge is 0.246 e. The van der Waals surface area contributed by atoms with Crippen molar-refractivity contribution in [2.45, 2.75) is 11.4 Å². The lowest BCUT2D eigenvalue weighted by molar-refractivity contribution is 0.181. The van der Waals surface area contributed by atoms with Crippen LogP contribution in [0.15, 0.2) is 53.4 Å². The fraction of sp³-hybridized carbons (Fsp3) is 0.333. The summed E-state index contributed by atoms with van der Waals surface area (Å²) >= 11 is 5.99. The Bertz CT molecular complexity index is 819. The van der Waals surface area contributed by atoms with Gasteiger partial charge in [0.2, 0.25) is 10.0 Å². The van der Waals surface area contributed by atoms with E-state index in [0.29, 0.717) is 37.0 Å². The maximum atomic E-state index is 13.0. The lowest BCUT2D eigenvalue weighted by Gasteiger charge is -2.34. The largest absolute Gasteiger partial charge is 0.495 e. The van der Waals surface area contributed by atoms with Gasteiger partial charge in [-0.05, 0) is 23.8 Å². The Morgan fingerprint density at radius 3 is 2.36 bits per heavy atom. The highest BCUT2D eigenvalue weighted by Crippen LogP contribution is 2.30. The van der Waals surface area contributed by atoms with Gasteiger partial charge in [-0.3, -0.25) is 4.90 Å². The topological polar surface area (TPSA) is 49.9 Å². The number of ether oxygens (including phenoxy) is 1. The van der Waals surface area contributed by atoms with Crippen LogP contribution in [0.25, 0.3) is 0 Å². The molecule has 0 spiro atoms. The Kier molecular flexibility index (Phi) is 5.64. The van der Waals surface area contributed by atoms with Gasteiger partial charge in [-0.1, -0.05) is 41.9 Å². The zero-order chi connectivity index (χ0) is 17.9. The van der Waals surface area contributed by atoms with E-state index in [4.69, 9.17) is 16.3 Å². The summed E-state index contributed by atoms with van der Waals surface area (Å²) in [4.78, 5) is 2.38. The third kappa shape index (κ3) is 4.15. The molecule has 7 heteroatoms. The van der Waals surface area contributed by atoms with E-state index in [9.17, 15) is 8.42 Å². The zero-order valence-corrected chi connectivity index (χ0v) is 15.6. The van der Waals surface area contributed by atoms with Crippen LogP contribution >= 0.6 is 11.6 Å². The Labute approximate surface area is 153 Å². The van der Waals surface area contributed by atoms with Gasteiger partial charge in [0.15, 0.2) is 0 Å². The highest BCUT2D eigenvalue weighted by Gasteiger charge is 2.31. The Morgan fingerprint density at radius 2 is 1.72 bits per heavy atom. The number of benzene rings is 2. The summed E-state index contributed by atoms with van der Waals surface area (Å²) in [5, 5.41) is 0.377. The Hall–Kier alpha value is -1.60. The Balaban J connectivity index is 1.71. The molecule has 1 saturated heterocycles. The lowest BCUT2D eigenvalue weighted by atomic mass is 10.2. The van der Waals surface area contributed by atoms with Crippen LogP contribution in [0, 0.1) is 0 Å². The van der Waals surface area contributed by atoms with E-state index in [0.717, 1.165) is 6.54 Å². The molecule has 0 aromatic heterocycles. The molecule has 1 aliphatic heterocycles. The van der Waals surface area contributed by atoms with E-state index in [1.54, 1.807) is 12.1 Å². The number of nitrogens with zero attached hydrogens (tertiary/aromatic N) is 2. The first kappa shape index (κ1) is 18.2. The molecule has 0 bridgehead atoms. The minimum Gasteiger partial charge on any atom is -0.495 e. The van der Waals surface area contributed by atoms with Crippen molar-refractivity contribution >= 4 is 21.6 Å². The van der Waals surface area contributed by atoms with Crippen molar-refractivity contribution in [1.82, 2.24) is 9.21 Å². The minimum atomic E-state index is -3.63. The van der Waals surface area contributed by atoms with Gasteiger partial charge >= 0.3 is 0 Å². The van der Waals surface area contributed by atoms with Crippen LogP contribution in [-0.4, -0.2) is 50.9 Å². The van der Waals surface area contributed by atoms with Crippen LogP contribution in [-0.2, 0) is 16.6 Å². The van der Waals surface area contributed by atoms with E-state index in [-0.39, 0.29) is 4.90 Å². The van der Waals surface area contributed by atoms with Crippen molar-refractivity contribution in [2.75, 3.05) is 33.3 Å². The van der Waals surface area contributed by atoms with Crippen molar-refractivity contribution in [1.29, 1.82) is 0 Å². The SMILES string of the molecule is COc1ccc(Cl)cc1S(=O)(=O)N1CCN(Cc2ccccc2)CC1. The summed E-state index contributed by atoms with van der Waals surface area (Å²) in [6.07, 6.45) is 0. The molecule has 2 aromatic rings. The second kappa shape index (κ2) is 7.74. The number of hydrogen-bond acceptors (Lipinski definition) is 4. The van der Waals surface area contributed by atoms with E-state index >= 15 is 0 Å². The number of sulfonamides is 1. The van der Waals surface area contributed by atoms with Crippen molar-refractivity contribution in [3.63, 3.8) is 0 Å². The average Bonchev–Trinajstić information content (AvgIpc) is 2.63. The maximum absolute atomic E-state index is 13.0. The molecule has 0 radical (unpaired) electrons. The van der Waals surface area contributed by atoms with Crippen LogP contribution in [0.2, 0.25) is 5.02 Å². The van der Waals surface area contributed by atoms with Crippen molar-refractivity contribution in [3.8, 4) is 5.75 Å². The predicted molar refractivity (Wildman–Crippen MR) is 98.5 cm³/mol. The van der Waals surface area contributed by atoms with Gasteiger partial charge < -0.3 is 4.74 Å². The molecular formula is C18H21ClN2O3S. The third-order valence-electron chi connectivity index (χ3n) is 4.32. The van der Waals surface area contributed by atoms with Gasteiger partial charge in [-0.25, -0.2) is 8.42 Å². The fourth-order valence-corrected chi connectivity index (χ4v) is 4.80. The monoisotopic (exact) mass is 380 g/mol. The van der Waals surface area contributed by atoms with Gasteiger partial charge in [0.1, 0.15) is 10.6 Å². The molecule has 5 nitrogen and oxygen atoms in total. The molecule has 0 atom stereocenters. The number of methoxy groups -OCH3 is 1. The molecular weight excluding hydrogens is 360 g/mol. The highest BCUT2D eigenvalue weighted by atomic mass is 35.5. The molecule has 1 heterocycles. The van der Waals surface area contributed by atoms with Crippen molar-refractivity contribution < 1.29 is 13.2 Å². The average molecular weight is 381 g/mol. The van der Waals surface area contributed by atoms with Gasteiger partial charge in [0.05, 0.1) is 7.11 Å². The standard InChI is InChI=1S/C18H21ClN2O3S/c1-24-17-8-7-16(19)13-18(17)25(22,23)21-11-9-20(10-12-21)14-15-5-3-2-4-6-15/h2-8,13H,9-12,14H2,1H3. The van der Waals surface area contributed by atoms with Crippen molar-refractivity contribution in [2.24, 2.45) is 0 Å². The lowest BCUT2D eigenvalue weighted by Crippen LogP contribution is -2.48. The van der Waals surface area contributed by atoms with E-state index in [1.807, 2.05) is 18.2 Å². The van der Waals surface area contributed by atoms with E-state index in [1.165, 1.54) is 23.0 Å². The summed E-state index contributed by atoms with van der Waals surface area (Å²) in [6, 6.07) is 14.8. The number of hydrogen-bond donors (Lipinski definition) is 0. The molecule has 3 rings (SSSR count). The number of rotatable bonds is 5. The molecule has 134 valence electrons. The van der Waals surface area contributed by atoms with E-state index in [2.05, 4.69) is 17.0 Å². The molecule has 0 aliphatic carbocycles. The van der Waals surface area contributed by atoms with Crippen LogP contribution in [0.4, 0.5) is 0 Å². The normalized spacial score (nSPS) is 16.7. The molecule has 0 amide bonds. The van der Waals surface area contributed by atoms with Crippen LogP contribution < -0.4 is 4.74 Å². The van der Waals surface area contributed by atoms with Gasteiger partial charge in [-0.15, -0.1) is 0 Å². The van der Waals surface area contributed by atoms with Crippen molar-refractivity contribution in [3.05, 3.63) is 59.1 Å². The fourth-order valence-electron chi connectivity index (χ4n) is 2.96. The summed E-state index contributed by atoms with van der Waals surface area (Å²) in [6.45, 7) is 3.11. The van der Waals surface area contributed by atoms with Crippen LogP contribution in [0.1, 0.15) is 5.56 Å².